The van der Waals surface area contributed by atoms with Crippen LogP contribution in [0.25, 0.3) is 17.3 Å². The largest absolute Gasteiger partial charge is 0.318 e. The molecular weight excluding hydrogens is 338 g/mol. The third-order valence-electron chi connectivity index (χ3n) is 4.57. The topological polar surface area (TPSA) is 71.9 Å². The van der Waals surface area contributed by atoms with Crippen molar-refractivity contribution in [2.45, 2.75) is 20.8 Å². The molecule has 3 aromatic rings. The average molecular weight is 357 g/mol. The number of nitro benzene ring substituents is 1. The van der Waals surface area contributed by atoms with E-state index in [1.54, 1.807) is 12.1 Å². The fourth-order valence-corrected chi connectivity index (χ4v) is 3.12. The number of nitrogens with zero attached hydrogens (tertiary/aromatic N) is 3. The highest BCUT2D eigenvalue weighted by atomic mass is 16.6. The summed E-state index contributed by atoms with van der Waals surface area (Å²) in [5.41, 5.74) is 6.46. The molecule has 5 nitrogen and oxygen atoms in total. The molecule has 0 N–H and O–H groups in total. The van der Waals surface area contributed by atoms with Crippen LogP contribution in [0.1, 0.15) is 28.1 Å². The van der Waals surface area contributed by atoms with Gasteiger partial charge in [-0.2, -0.15) is 5.26 Å². The highest BCUT2D eigenvalue weighted by molar-refractivity contribution is 5.90. The van der Waals surface area contributed by atoms with Crippen LogP contribution in [0.3, 0.4) is 0 Å². The first-order valence-corrected chi connectivity index (χ1v) is 8.53. The van der Waals surface area contributed by atoms with Crippen LogP contribution in [-0.2, 0) is 0 Å². The fraction of sp³-hybridized carbons (Fsp3) is 0.136. The van der Waals surface area contributed by atoms with Crippen molar-refractivity contribution in [2.75, 3.05) is 0 Å². The number of nitro groups is 1. The Bertz CT molecular complexity index is 1070. The molecular formula is C22H19N3O2. The molecule has 134 valence electrons. The summed E-state index contributed by atoms with van der Waals surface area (Å²) in [5, 5.41) is 20.4. The molecule has 0 saturated heterocycles. The third-order valence-corrected chi connectivity index (χ3v) is 4.57. The first kappa shape index (κ1) is 18.2. The summed E-state index contributed by atoms with van der Waals surface area (Å²) in [6, 6.07) is 18.6. The molecule has 0 bridgehead atoms. The van der Waals surface area contributed by atoms with Gasteiger partial charge in [0.2, 0.25) is 0 Å². The Balaban J connectivity index is 2.03. The van der Waals surface area contributed by atoms with E-state index in [-0.39, 0.29) is 5.69 Å². The maximum Gasteiger partial charge on any atom is 0.269 e. The minimum absolute atomic E-state index is 0.00795. The van der Waals surface area contributed by atoms with Crippen molar-refractivity contribution in [1.29, 1.82) is 5.26 Å². The molecule has 3 rings (SSSR count). The second kappa shape index (κ2) is 7.30. The lowest BCUT2D eigenvalue weighted by atomic mass is 10.0. The molecule has 0 fully saturated rings. The Morgan fingerprint density at radius 2 is 1.70 bits per heavy atom. The van der Waals surface area contributed by atoms with E-state index in [4.69, 9.17) is 0 Å². The predicted octanol–water partition coefficient (Wildman–Crippen LogP) is 5.37. The maximum absolute atomic E-state index is 10.8. The van der Waals surface area contributed by atoms with Crippen LogP contribution >= 0.6 is 0 Å². The zero-order chi connectivity index (χ0) is 19.6. The molecule has 0 aliphatic heterocycles. The van der Waals surface area contributed by atoms with E-state index in [2.05, 4.69) is 41.8 Å². The monoisotopic (exact) mass is 357 g/mol. The second-order valence-electron chi connectivity index (χ2n) is 6.47. The molecule has 0 aliphatic rings. The minimum Gasteiger partial charge on any atom is -0.318 e. The maximum atomic E-state index is 10.8. The van der Waals surface area contributed by atoms with Crippen LogP contribution in [0, 0.1) is 42.2 Å². The molecule has 1 aromatic heterocycles. The van der Waals surface area contributed by atoms with Gasteiger partial charge in [-0.05, 0) is 68.3 Å². The van der Waals surface area contributed by atoms with E-state index >= 15 is 0 Å². The number of non-ortho nitro benzene ring substituents is 1. The van der Waals surface area contributed by atoms with Crippen LogP contribution in [0.5, 0.6) is 0 Å². The number of nitriles is 1. The van der Waals surface area contributed by atoms with E-state index in [9.17, 15) is 15.4 Å². The first-order valence-electron chi connectivity index (χ1n) is 8.53. The van der Waals surface area contributed by atoms with Gasteiger partial charge in [0, 0.05) is 29.2 Å². The Kier molecular flexibility index (Phi) is 4.91. The van der Waals surface area contributed by atoms with Crippen molar-refractivity contribution in [3.8, 4) is 11.8 Å². The van der Waals surface area contributed by atoms with Gasteiger partial charge in [0.25, 0.3) is 5.69 Å². The van der Waals surface area contributed by atoms with Crippen LogP contribution in [0.15, 0.2) is 54.6 Å². The van der Waals surface area contributed by atoms with Gasteiger partial charge in [-0.1, -0.05) is 17.7 Å². The van der Waals surface area contributed by atoms with Crippen LogP contribution in [0.2, 0.25) is 0 Å². The Labute approximate surface area is 158 Å². The molecule has 0 amide bonds. The number of benzene rings is 2. The van der Waals surface area contributed by atoms with E-state index in [1.165, 1.54) is 17.7 Å². The van der Waals surface area contributed by atoms with Crippen LogP contribution < -0.4 is 0 Å². The van der Waals surface area contributed by atoms with Crippen molar-refractivity contribution in [3.05, 3.63) is 92.8 Å². The first-order chi connectivity index (χ1) is 12.9. The summed E-state index contributed by atoms with van der Waals surface area (Å²) >= 11 is 0. The smallest absolute Gasteiger partial charge is 0.269 e. The van der Waals surface area contributed by atoms with Crippen molar-refractivity contribution >= 4 is 17.3 Å². The minimum atomic E-state index is -0.450. The summed E-state index contributed by atoms with van der Waals surface area (Å²) in [4.78, 5) is 10.4. The van der Waals surface area contributed by atoms with E-state index in [0.717, 1.165) is 22.6 Å². The van der Waals surface area contributed by atoms with E-state index < -0.39 is 4.92 Å². The standard InChI is InChI=1S/C22H19N3O2/c1-15-4-8-21(9-5-15)24-16(2)12-19(17(24)3)13-20(14-23)18-6-10-22(11-7-18)25(26)27/h4-13H,1-3H3. The van der Waals surface area contributed by atoms with Gasteiger partial charge in [-0.15, -0.1) is 0 Å². The lowest BCUT2D eigenvalue weighted by Gasteiger charge is -2.10. The second-order valence-corrected chi connectivity index (χ2v) is 6.47. The normalized spacial score (nSPS) is 11.3. The Hall–Kier alpha value is -3.65. The number of aromatic nitrogens is 1. The number of allylic oxidation sites excluding steroid dienone is 1. The van der Waals surface area contributed by atoms with Crippen molar-refractivity contribution in [3.63, 3.8) is 0 Å². The van der Waals surface area contributed by atoms with E-state index in [0.29, 0.717) is 11.1 Å². The Morgan fingerprint density at radius 1 is 1.07 bits per heavy atom. The van der Waals surface area contributed by atoms with Gasteiger partial charge in [0.15, 0.2) is 0 Å². The SMILES string of the molecule is Cc1ccc(-n2c(C)cc(C=C(C#N)c3ccc([N+](=O)[O-])cc3)c2C)cc1. The van der Waals surface area contributed by atoms with Crippen molar-refractivity contribution in [1.82, 2.24) is 4.57 Å². The predicted molar refractivity (Wildman–Crippen MR) is 107 cm³/mol. The number of hydrogen-bond acceptors (Lipinski definition) is 3. The molecule has 2 aromatic carbocycles. The molecule has 1 heterocycles. The molecule has 0 aliphatic carbocycles. The highest BCUT2D eigenvalue weighted by Gasteiger charge is 2.12. The molecule has 0 radical (unpaired) electrons. The van der Waals surface area contributed by atoms with Gasteiger partial charge >= 0.3 is 0 Å². The van der Waals surface area contributed by atoms with Gasteiger partial charge in [-0.25, -0.2) is 0 Å². The average Bonchev–Trinajstić information content (AvgIpc) is 2.94. The number of aryl methyl sites for hydroxylation is 2. The van der Waals surface area contributed by atoms with Gasteiger partial charge in [-0.3, -0.25) is 10.1 Å². The van der Waals surface area contributed by atoms with Gasteiger partial charge in [0.1, 0.15) is 0 Å². The Morgan fingerprint density at radius 3 is 2.26 bits per heavy atom. The summed E-state index contributed by atoms with van der Waals surface area (Å²) in [6.45, 7) is 6.10. The van der Waals surface area contributed by atoms with E-state index in [1.807, 2.05) is 26.0 Å². The summed E-state index contributed by atoms with van der Waals surface area (Å²) in [7, 11) is 0. The third kappa shape index (κ3) is 3.65. The zero-order valence-corrected chi connectivity index (χ0v) is 15.4. The van der Waals surface area contributed by atoms with Gasteiger partial charge < -0.3 is 4.57 Å². The van der Waals surface area contributed by atoms with Crippen LogP contribution in [0.4, 0.5) is 5.69 Å². The number of hydrogen-bond donors (Lipinski definition) is 0. The molecule has 0 unspecified atom stereocenters. The molecule has 0 atom stereocenters. The van der Waals surface area contributed by atoms with Crippen molar-refractivity contribution < 1.29 is 4.92 Å². The van der Waals surface area contributed by atoms with Crippen LogP contribution in [-0.4, -0.2) is 9.49 Å². The molecule has 0 saturated carbocycles. The fourth-order valence-electron chi connectivity index (χ4n) is 3.12. The summed E-state index contributed by atoms with van der Waals surface area (Å²) in [6.07, 6.45) is 1.83. The summed E-state index contributed by atoms with van der Waals surface area (Å²) < 4.78 is 2.15. The van der Waals surface area contributed by atoms with Crippen molar-refractivity contribution in [2.24, 2.45) is 0 Å². The van der Waals surface area contributed by atoms with Gasteiger partial charge in [0.05, 0.1) is 16.6 Å². The zero-order valence-electron chi connectivity index (χ0n) is 15.4. The molecule has 5 heteroatoms. The lowest BCUT2D eigenvalue weighted by Crippen LogP contribution is -1.98. The molecule has 0 spiro atoms. The molecule has 27 heavy (non-hydrogen) atoms. The lowest BCUT2D eigenvalue weighted by molar-refractivity contribution is -0.384. The summed E-state index contributed by atoms with van der Waals surface area (Å²) in [5.74, 6) is 0. The number of rotatable bonds is 4. The highest BCUT2D eigenvalue weighted by Crippen LogP contribution is 2.26. The quantitative estimate of drug-likeness (QED) is 0.358.